The normalized spacial score (nSPS) is 15.0. The second-order valence-electron chi connectivity index (χ2n) is 9.01. The lowest BCUT2D eigenvalue weighted by molar-refractivity contribution is 0.0595. The third kappa shape index (κ3) is 6.93. The van der Waals surface area contributed by atoms with Gasteiger partial charge in [-0.25, -0.2) is 0 Å². The maximum atomic E-state index is 13.0. The van der Waals surface area contributed by atoms with Crippen molar-refractivity contribution >= 4 is 23.3 Å². The van der Waals surface area contributed by atoms with E-state index in [0.717, 1.165) is 24.2 Å². The summed E-state index contributed by atoms with van der Waals surface area (Å²) in [5.41, 5.74) is 2.23. The van der Waals surface area contributed by atoms with E-state index >= 15 is 0 Å². The molecule has 0 saturated carbocycles. The SMILES string of the molecule is O=C(C[C@H](CO)Cc1ccccc1)c1ccc(C(=O)N2CCC(Oc3ccc(Cl)cc3)CC2)cc1. The number of carbonyl (C=O) groups is 2. The standard InChI is InChI=1S/C29H30ClNO4/c30-25-10-12-26(13-11-25)35-27-14-16-31(17-15-27)29(34)24-8-6-23(7-9-24)28(33)19-22(20-32)18-21-4-2-1-3-5-21/h1-13,22,27,32H,14-20H2/t22-/m1/s1. The van der Waals surface area contributed by atoms with E-state index in [1.54, 1.807) is 36.4 Å². The van der Waals surface area contributed by atoms with E-state index in [-0.39, 0.29) is 36.7 Å². The van der Waals surface area contributed by atoms with Crippen LogP contribution in [-0.4, -0.2) is 47.5 Å². The highest BCUT2D eigenvalue weighted by molar-refractivity contribution is 6.30. The largest absolute Gasteiger partial charge is 0.490 e. The number of hydrogen-bond donors (Lipinski definition) is 1. The predicted molar refractivity (Wildman–Crippen MR) is 137 cm³/mol. The molecule has 1 fully saturated rings. The van der Waals surface area contributed by atoms with Gasteiger partial charge < -0.3 is 14.7 Å². The molecular formula is C29H30ClNO4. The lowest BCUT2D eigenvalue weighted by atomic mass is 9.92. The van der Waals surface area contributed by atoms with Crippen molar-refractivity contribution in [3.63, 3.8) is 0 Å². The minimum Gasteiger partial charge on any atom is -0.490 e. The van der Waals surface area contributed by atoms with Gasteiger partial charge in [-0.1, -0.05) is 54.1 Å². The van der Waals surface area contributed by atoms with Crippen LogP contribution in [0.3, 0.4) is 0 Å². The number of benzene rings is 3. The summed E-state index contributed by atoms with van der Waals surface area (Å²) in [5, 5.41) is 10.4. The molecule has 1 aliphatic rings. The van der Waals surface area contributed by atoms with Gasteiger partial charge in [-0.3, -0.25) is 9.59 Å². The van der Waals surface area contributed by atoms with Crippen LogP contribution in [0, 0.1) is 5.92 Å². The number of rotatable bonds is 9. The van der Waals surface area contributed by atoms with Gasteiger partial charge >= 0.3 is 0 Å². The number of ether oxygens (including phenoxy) is 1. The molecule has 0 aliphatic carbocycles. The van der Waals surface area contributed by atoms with Gasteiger partial charge in [-0.05, 0) is 54.3 Å². The summed E-state index contributed by atoms with van der Waals surface area (Å²) in [6.45, 7) is 1.19. The molecule has 0 bridgehead atoms. The third-order valence-corrected chi connectivity index (χ3v) is 6.65. The van der Waals surface area contributed by atoms with Gasteiger partial charge in [0.25, 0.3) is 5.91 Å². The number of Topliss-reactive ketones (excluding diaryl/α,β-unsaturated/α-hetero) is 1. The third-order valence-electron chi connectivity index (χ3n) is 6.40. The van der Waals surface area contributed by atoms with Gasteiger partial charge in [0.05, 0.1) is 0 Å². The zero-order chi connectivity index (χ0) is 24.6. The highest BCUT2D eigenvalue weighted by atomic mass is 35.5. The van der Waals surface area contributed by atoms with Crippen LogP contribution in [0.25, 0.3) is 0 Å². The van der Waals surface area contributed by atoms with E-state index in [1.807, 2.05) is 47.4 Å². The fraction of sp³-hybridized carbons (Fsp3) is 0.310. The first-order valence-corrected chi connectivity index (χ1v) is 12.4. The smallest absolute Gasteiger partial charge is 0.253 e. The number of hydrogen-bond acceptors (Lipinski definition) is 4. The van der Waals surface area contributed by atoms with Crippen molar-refractivity contribution in [1.29, 1.82) is 0 Å². The van der Waals surface area contributed by atoms with Crippen LogP contribution in [0.1, 0.15) is 45.5 Å². The van der Waals surface area contributed by atoms with E-state index in [1.165, 1.54) is 0 Å². The van der Waals surface area contributed by atoms with Gasteiger partial charge in [0, 0.05) is 55.1 Å². The first-order valence-electron chi connectivity index (χ1n) is 12.0. The topological polar surface area (TPSA) is 66.8 Å². The Balaban J connectivity index is 1.28. The number of amides is 1. The maximum Gasteiger partial charge on any atom is 0.253 e. The maximum absolute atomic E-state index is 13.0. The van der Waals surface area contributed by atoms with Crippen LogP contribution < -0.4 is 4.74 Å². The number of ketones is 1. The van der Waals surface area contributed by atoms with Crippen LogP contribution in [0.15, 0.2) is 78.9 Å². The lowest BCUT2D eigenvalue weighted by Crippen LogP contribution is -2.41. The van der Waals surface area contributed by atoms with Crippen molar-refractivity contribution in [2.24, 2.45) is 5.92 Å². The van der Waals surface area contributed by atoms with Crippen molar-refractivity contribution in [3.05, 3.63) is 101 Å². The Morgan fingerprint density at radius 3 is 2.17 bits per heavy atom. The van der Waals surface area contributed by atoms with E-state index in [2.05, 4.69) is 0 Å². The number of aliphatic hydroxyl groups is 1. The molecule has 1 amide bonds. The van der Waals surface area contributed by atoms with Crippen LogP contribution in [0.5, 0.6) is 5.75 Å². The van der Waals surface area contributed by atoms with Crippen molar-refractivity contribution in [2.75, 3.05) is 19.7 Å². The highest BCUT2D eigenvalue weighted by Crippen LogP contribution is 2.22. The van der Waals surface area contributed by atoms with Gasteiger partial charge in [0.2, 0.25) is 0 Å². The molecular weight excluding hydrogens is 462 g/mol. The average molecular weight is 492 g/mol. The number of nitrogens with zero attached hydrogens (tertiary/aromatic N) is 1. The van der Waals surface area contributed by atoms with E-state index in [9.17, 15) is 14.7 Å². The quantitative estimate of drug-likeness (QED) is 0.404. The van der Waals surface area contributed by atoms with E-state index in [0.29, 0.717) is 35.7 Å². The number of carbonyl (C=O) groups excluding carboxylic acids is 2. The first-order chi connectivity index (χ1) is 17.0. The molecule has 0 spiro atoms. The summed E-state index contributed by atoms with van der Waals surface area (Å²) in [6, 6.07) is 24.0. The van der Waals surface area contributed by atoms with E-state index in [4.69, 9.17) is 16.3 Å². The molecule has 1 saturated heterocycles. The van der Waals surface area contributed by atoms with Gasteiger partial charge in [0.1, 0.15) is 11.9 Å². The Bertz CT molecular complexity index is 1110. The molecule has 182 valence electrons. The molecule has 5 nitrogen and oxygen atoms in total. The van der Waals surface area contributed by atoms with Crippen molar-refractivity contribution in [3.8, 4) is 5.75 Å². The van der Waals surface area contributed by atoms with E-state index < -0.39 is 0 Å². The Labute approximate surface area is 211 Å². The zero-order valence-electron chi connectivity index (χ0n) is 19.6. The molecule has 1 N–H and O–H groups in total. The Morgan fingerprint density at radius 2 is 1.54 bits per heavy atom. The zero-order valence-corrected chi connectivity index (χ0v) is 20.4. The predicted octanol–water partition coefficient (Wildman–Crippen LogP) is 5.45. The summed E-state index contributed by atoms with van der Waals surface area (Å²) >= 11 is 5.92. The summed E-state index contributed by atoms with van der Waals surface area (Å²) < 4.78 is 6.01. The minimum atomic E-state index is -0.136. The van der Waals surface area contributed by atoms with Crippen LogP contribution in [0.4, 0.5) is 0 Å². The fourth-order valence-electron chi connectivity index (χ4n) is 4.39. The number of piperidine rings is 1. The first kappa shape index (κ1) is 25.0. The molecule has 0 unspecified atom stereocenters. The average Bonchev–Trinajstić information content (AvgIpc) is 2.90. The van der Waals surface area contributed by atoms with Crippen LogP contribution in [-0.2, 0) is 6.42 Å². The second kappa shape index (κ2) is 12.0. The van der Waals surface area contributed by atoms with Gasteiger partial charge in [-0.15, -0.1) is 0 Å². The summed E-state index contributed by atoms with van der Waals surface area (Å²) in [7, 11) is 0. The Morgan fingerprint density at radius 1 is 0.914 bits per heavy atom. The van der Waals surface area contributed by atoms with Crippen molar-refractivity contribution in [1.82, 2.24) is 4.90 Å². The molecule has 3 aromatic carbocycles. The number of likely N-dealkylation sites (tertiary alicyclic amines) is 1. The van der Waals surface area contributed by atoms with Crippen LogP contribution in [0.2, 0.25) is 5.02 Å². The monoisotopic (exact) mass is 491 g/mol. The Hall–Kier alpha value is -3.15. The molecule has 1 heterocycles. The molecule has 0 aromatic heterocycles. The molecule has 1 atom stereocenters. The fourth-order valence-corrected chi connectivity index (χ4v) is 4.52. The van der Waals surface area contributed by atoms with Gasteiger partial charge in [-0.2, -0.15) is 0 Å². The van der Waals surface area contributed by atoms with Crippen molar-refractivity contribution < 1.29 is 19.4 Å². The number of halogens is 1. The minimum absolute atomic E-state index is 0.0286. The second-order valence-corrected chi connectivity index (χ2v) is 9.44. The highest BCUT2D eigenvalue weighted by Gasteiger charge is 2.25. The summed E-state index contributed by atoms with van der Waals surface area (Å²) in [4.78, 5) is 27.6. The molecule has 4 rings (SSSR count). The molecule has 6 heteroatoms. The van der Waals surface area contributed by atoms with Crippen LogP contribution >= 0.6 is 11.6 Å². The molecule has 1 aliphatic heterocycles. The number of aliphatic hydroxyl groups excluding tert-OH is 1. The van der Waals surface area contributed by atoms with Crippen molar-refractivity contribution in [2.45, 2.75) is 31.8 Å². The Kier molecular flexibility index (Phi) is 8.56. The van der Waals surface area contributed by atoms with Gasteiger partial charge in [0.15, 0.2) is 5.78 Å². The molecule has 3 aromatic rings. The summed E-state index contributed by atoms with van der Waals surface area (Å²) in [6.07, 6.45) is 2.50. The molecule has 35 heavy (non-hydrogen) atoms. The molecule has 0 radical (unpaired) electrons. The lowest BCUT2D eigenvalue weighted by Gasteiger charge is -2.32. The summed E-state index contributed by atoms with van der Waals surface area (Å²) in [5.74, 6) is 0.583.